The van der Waals surface area contributed by atoms with E-state index in [0.29, 0.717) is 25.1 Å². The van der Waals surface area contributed by atoms with Gasteiger partial charge < -0.3 is 10.2 Å². The maximum atomic E-state index is 12.8. The molecule has 4 rings (SSSR count). The van der Waals surface area contributed by atoms with Gasteiger partial charge in [0.05, 0.1) is 6.42 Å². The highest BCUT2D eigenvalue weighted by molar-refractivity contribution is 5.94. The third-order valence-electron chi connectivity index (χ3n) is 5.26. The minimum atomic E-state index is -0.0384. The average molecular weight is 384 g/mol. The van der Waals surface area contributed by atoms with E-state index in [1.54, 1.807) is 0 Å². The van der Waals surface area contributed by atoms with E-state index >= 15 is 0 Å². The first-order valence-corrected chi connectivity index (χ1v) is 9.90. The summed E-state index contributed by atoms with van der Waals surface area (Å²) in [5.74, 6) is 0.00807. The van der Waals surface area contributed by atoms with Crippen LogP contribution in [-0.4, -0.2) is 23.3 Å². The zero-order chi connectivity index (χ0) is 20.2. The highest BCUT2D eigenvalue weighted by atomic mass is 16.2. The number of fused-ring (bicyclic) bond motifs is 1. The van der Waals surface area contributed by atoms with Crippen LogP contribution in [0.25, 0.3) is 0 Å². The fraction of sp³-hybridized carbons (Fsp3) is 0.200. The Morgan fingerprint density at radius 3 is 2.55 bits per heavy atom. The Bertz CT molecular complexity index is 1040. The molecule has 1 aliphatic heterocycles. The molecule has 3 aromatic rings. The number of hydrogen-bond donors (Lipinski definition) is 1. The zero-order valence-corrected chi connectivity index (χ0v) is 16.5. The number of rotatable bonds is 4. The first-order valence-electron chi connectivity index (χ1n) is 9.90. The molecule has 1 N–H and O–H groups in total. The fourth-order valence-electron chi connectivity index (χ4n) is 3.78. The van der Waals surface area contributed by atoms with Crippen LogP contribution in [0.5, 0.6) is 0 Å². The summed E-state index contributed by atoms with van der Waals surface area (Å²) in [5.41, 5.74) is 5.95. The average Bonchev–Trinajstić information content (AvgIpc) is 2.73. The molecule has 0 bridgehead atoms. The molecule has 0 saturated carbocycles. The van der Waals surface area contributed by atoms with Crippen molar-refractivity contribution in [3.8, 4) is 0 Å². The van der Waals surface area contributed by atoms with Crippen LogP contribution in [0.2, 0.25) is 0 Å². The van der Waals surface area contributed by atoms with Crippen LogP contribution in [0, 0.1) is 6.92 Å². The van der Waals surface area contributed by atoms with E-state index in [9.17, 15) is 9.59 Å². The van der Waals surface area contributed by atoms with E-state index in [2.05, 4.69) is 11.4 Å². The van der Waals surface area contributed by atoms with Crippen molar-refractivity contribution in [2.24, 2.45) is 0 Å². The van der Waals surface area contributed by atoms with Crippen LogP contribution < -0.4 is 5.32 Å². The second kappa shape index (κ2) is 8.31. The third-order valence-corrected chi connectivity index (χ3v) is 5.26. The van der Waals surface area contributed by atoms with Crippen LogP contribution in [-0.2, 0) is 24.2 Å². The molecule has 4 heteroatoms. The predicted molar refractivity (Wildman–Crippen MR) is 115 cm³/mol. The van der Waals surface area contributed by atoms with Crippen molar-refractivity contribution in [3.63, 3.8) is 0 Å². The number of anilines is 1. The lowest BCUT2D eigenvalue weighted by Crippen LogP contribution is -2.36. The van der Waals surface area contributed by atoms with Crippen LogP contribution in [0.1, 0.15) is 32.6 Å². The summed E-state index contributed by atoms with van der Waals surface area (Å²) in [6.45, 7) is 3.29. The number of nitrogens with one attached hydrogen (secondary N) is 1. The van der Waals surface area contributed by atoms with Crippen LogP contribution >= 0.6 is 0 Å². The molecule has 0 radical (unpaired) electrons. The van der Waals surface area contributed by atoms with Gasteiger partial charge in [-0.05, 0) is 54.3 Å². The number of amides is 2. The van der Waals surface area contributed by atoms with E-state index in [0.717, 1.165) is 28.8 Å². The maximum absolute atomic E-state index is 12.8. The van der Waals surface area contributed by atoms with Gasteiger partial charge in [-0.3, -0.25) is 9.59 Å². The second-order valence-electron chi connectivity index (χ2n) is 7.54. The SMILES string of the molecule is Cc1cccc(CC(=O)Nc2ccc3c(c2)CN(C(=O)c2ccccc2)CC3)c1. The Morgan fingerprint density at radius 2 is 1.76 bits per heavy atom. The molecule has 0 fully saturated rings. The van der Waals surface area contributed by atoms with E-state index in [1.165, 1.54) is 5.56 Å². The highest BCUT2D eigenvalue weighted by Gasteiger charge is 2.22. The van der Waals surface area contributed by atoms with Crippen LogP contribution in [0.3, 0.4) is 0 Å². The van der Waals surface area contributed by atoms with Crippen molar-refractivity contribution in [2.45, 2.75) is 26.3 Å². The van der Waals surface area contributed by atoms with Gasteiger partial charge in [0.1, 0.15) is 0 Å². The van der Waals surface area contributed by atoms with Crippen molar-refractivity contribution in [2.75, 3.05) is 11.9 Å². The lowest BCUT2D eigenvalue weighted by atomic mass is 9.98. The number of carbonyl (C=O) groups is 2. The molecule has 4 nitrogen and oxygen atoms in total. The number of benzene rings is 3. The largest absolute Gasteiger partial charge is 0.334 e. The Hall–Kier alpha value is -3.40. The Labute approximate surface area is 171 Å². The fourth-order valence-corrected chi connectivity index (χ4v) is 3.78. The van der Waals surface area contributed by atoms with Gasteiger partial charge in [0.25, 0.3) is 5.91 Å². The second-order valence-corrected chi connectivity index (χ2v) is 7.54. The number of carbonyl (C=O) groups excluding carboxylic acids is 2. The third kappa shape index (κ3) is 4.54. The summed E-state index contributed by atoms with van der Waals surface area (Å²) in [7, 11) is 0. The first-order chi connectivity index (χ1) is 14.1. The Balaban J connectivity index is 1.44. The molecule has 1 aliphatic rings. The standard InChI is InChI=1S/C25H24N2O2/c1-18-6-5-7-19(14-18)15-24(28)26-23-11-10-20-12-13-27(17-22(20)16-23)25(29)21-8-3-2-4-9-21/h2-11,14,16H,12-13,15,17H2,1H3,(H,26,28). The van der Waals surface area contributed by atoms with Gasteiger partial charge in [0.15, 0.2) is 0 Å². The molecule has 0 aromatic heterocycles. The van der Waals surface area contributed by atoms with E-state index in [-0.39, 0.29) is 11.8 Å². The smallest absolute Gasteiger partial charge is 0.254 e. The summed E-state index contributed by atoms with van der Waals surface area (Å²) in [6.07, 6.45) is 1.17. The maximum Gasteiger partial charge on any atom is 0.254 e. The lowest BCUT2D eigenvalue weighted by molar-refractivity contribution is -0.115. The molecule has 146 valence electrons. The summed E-state index contributed by atoms with van der Waals surface area (Å²) >= 11 is 0. The topological polar surface area (TPSA) is 49.4 Å². The molecule has 0 unspecified atom stereocenters. The number of nitrogens with zero attached hydrogens (tertiary/aromatic N) is 1. The summed E-state index contributed by atoms with van der Waals surface area (Å²) < 4.78 is 0. The van der Waals surface area contributed by atoms with Gasteiger partial charge in [-0.15, -0.1) is 0 Å². The molecule has 0 spiro atoms. The predicted octanol–water partition coefficient (Wildman–Crippen LogP) is 4.37. The molecule has 2 amide bonds. The normalized spacial score (nSPS) is 12.9. The van der Waals surface area contributed by atoms with E-state index in [1.807, 2.05) is 78.6 Å². The van der Waals surface area contributed by atoms with Gasteiger partial charge in [0, 0.05) is 24.3 Å². The van der Waals surface area contributed by atoms with Crippen molar-refractivity contribution >= 4 is 17.5 Å². The minimum absolute atomic E-state index is 0.0384. The highest BCUT2D eigenvalue weighted by Crippen LogP contribution is 2.24. The quantitative estimate of drug-likeness (QED) is 0.726. The van der Waals surface area contributed by atoms with Gasteiger partial charge in [-0.1, -0.05) is 54.1 Å². The van der Waals surface area contributed by atoms with Crippen LogP contribution in [0.4, 0.5) is 5.69 Å². The van der Waals surface area contributed by atoms with Gasteiger partial charge in [-0.25, -0.2) is 0 Å². The molecule has 29 heavy (non-hydrogen) atoms. The van der Waals surface area contributed by atoms with Gasteiger partial charge >= 0.3 is 0 Å². The monoisotopic (exact) mass is 384 g/mol. The van der Waals surface area contributed by atoms with Crippen LogP contribution in [0.15, 0.2) is 72.8 Å². The van der Waals surface area contributed by atoms with Gasteiger partial charge in [-0.2, -0.15) is 0 Å². The Morgan fingerprint density at radius 1 is 0.931 bits per heavy atom. The molecular formula is C25H24N2O2. The summed E-state index contributed by atoms with van der Waals surface area (Å²) in [6, 6.07) is 23.3. The van der Waals surface area contributed by atoms with Crippen molar-refractivity contribution < 1.29 is 9.59 Å². The Kier molecular flexibility index (Phi) is 5.43. The van der Waals surface area contributed by atoms with Crippen molar-refractivity contribution in [3.05, 3.63) is 101 Å². The number of hydrogen-bond acceptors (Lipinski definition) is 2. The van der Waals surface area contributed by atoms with Crippen molar-refractivity contribution in [1.82, 2.24) is 4.90 Å². The summed E-state index contributed by atoms with van der Waals surface area (Å²) in [5, 5.41) is 2.99. The number of aryl methyl sites for hydroxylation is 1. The molecular weight excluding hydrogens is 360 g/mol. The van der Waals surface area contributed by atoms with Gasteiger partial charge in [0.2, 0.25) is 5.91 Å². The summed E-state index contributed by atoms with van der Waals surface area (Å²) in [4.78, 5) is 27.1. The van der Waals surface area contributed by atoms with Crippen molar-refractivity contribution in [1.29, 1.82) is 0 Å². The van der Waals surface area contributed by atoms with E-state index in [4.69, 9.17) is 0 Å². The minimum Gasteiger partial charge on any atom is -0.334 e. The lowest BCUT2D eigenvalue weighted by Gasteiger charge is -2.29. The first kappa shape index (κ1) is 18.9. The molecule has 3 aromatic carbocycles. The van der Waals surface area contributed by atoms with E-state index < -0.39 is 0 Å². The molecule has 0 atom stereocenters. The molecule has 1 heterocycles. The molecule has 0 saturated heterocycles. The zero-order valence-electron chi connectivity index (χ0n) is 16.5. The molecule has 0 aliphatic carbocycles.